The van der Waals surface area contributed by atoms with Gasteiger partial charge in [-0.05, 0) is 43.3 Å². The normalized spacial score (nSPS) is 24.8. The second-order valence-electron chi connectivity index (χ2n) is 6.37. The van der Waals surface area contributed by atoms with Gasteiger partial charge in [-0.15, -0.1) is 0 Å². The first-order valence-electron chi connectivity index (χ1n) is 7.87. The highest BCUT2D eigenvalue weighted by molar-refractivity contribution is 9.10. The number of Topliss-reactive ketones (excluding diaryl/α,β-unsaturated/α-hetero) is 1. The van der Waals surface area contributed by atoms with Crippen LogP contribution in [0.5, 0.6) is 0 Å². The van der Waals surface area contributed by atoms with Gasteiger partial charge in [-0.1, -0.05) is 56.1 Å². The fourth-order valence-electron chi connectivity index (χ4n) is 3.29. The summed E-state index contributed by atoms with van der Waals surface area (Å²) in [4.78, 5) is 15.2. The molecule has 0 aliphatic carbocycles. The fraction of sp³-hybridized carbons (Fsp3) is 0.316. The fourth-order valence-corrected chi connectivity index (χ4v) is 3.82. The van der Waals surface area contributed by atoms with Gasteiger partial charge in [0.25, 0.3) is 0 Å². The summed E-state index contributed by atoms with van der Waals surface area (Å²) in [5.74, 6) is -0.502. The van der Waals surface area contributed by atoms with Crippen LogP contribution in [0, 0.1) is 5.92 Å². The van der Waals surface area contributed by atoms with Gasteiger partial charge in [0.2, 0.25) is 0 Å². The quantitative estimate of drug-likeness (QED) is 0.708. The van der Waals surface area contributed by atoms with Crippen molar-refractivity contribution in [3.05, 3.63) is 68.6 Å². The van der Waals surface area contributed by atoms with E-state index in [1.807, 2.05) is 55.6 Å². The van der Waals surface area contributed by atoms with Gasteiger partial charge in [0.15, 0.2) is 5.78 Å². The SMILES string of the molecule is CN1CC[C@](O)(c2ccc(Br)cc2)[C@H](C(=O)c2ccc(Br)cc2)C1. The zero-order valence-corrected chi connectivity index (χ0v) is 16.5. The van der Waals surface area contributed by atoms with E-state index >= 15 is 0 Å². The number of likely N-dealkylation sites (tertiary alicyclic amines) is 1. The first-order chi connectivity index (χ1) is 11.4. The number of nitrogens with zero attached hydrogens (tertiary/aromatic N) is 1. The summed E-state index contributed by atoms with van der Waals surface area (Å²) in [7, 11) is 1.99. The van der Waals surface area contributed by atoms with Crippen LogP contribution in [0.1, 0.15) is 22.3 Å². The van der Waals surface area contributed by atoms with E-state index in [9.17, 15) is 9.90 Å². The summed E-state index contributed by atoms with van der Waals surface area (Å²) in [6, 6.07) is 15.0. The van der Waals surface area contributed by atoms with Gasteiger partial charge < -0.3 is 10.0 Å². The highest BCUT2D eigenvalue weighted by atomic mass is 79.9. The van der Waals surface area contributed by atoms with Crippen LogP contribution in [0.2, 0.25) is 0 Å². The van der Waals surface area contributed by atoms with Crippen LogP contribution in [-0.2, 0) is 5.60 Å². The number of rotatable bonds is 3. The molecule has 2 aromatic carbocycles. The lowest BCUT2D eigenvalue weighted by Crippen LogP contribution is -2.52. The van der Waals surface area contributed by atoms with Crippen molar-refractivity contribution < 1.29 is 9.90 Å². The smallest absolute Gasteiger partial charge is 0.170 e. The average Bonchev–Trinajstić information content (AvgIpc) is 2.58. The molecule has 0 spiro atoms. The molecule has 1 heterocycles. The van der Waals surface area contributed by atoms with E-state index in [1.54, 1.807) is 0 Å². The Morgan fingerprint density at radius 1 is 1.08 bits per heavy atom. The van der Waals surface area contributed by atoms with E-state index in [2.05, 4.69) is 36.8 Å². The molecule has 1 fully saturated rings. The second kappa shape index (κ2) is 7.08. The van der Waals surface area contributed by atoms with E-state index in [0.29, 0.717) is 18.5 Å². The molecule has 1 aliphatic heterocycles. The zero-order valence-electron chi connectivity index (χ0n) is 13.4. The van der Waals surface area contributed by atoms with E-state index in [4.69, 9.17) is 0 Å². The molecule has 3 rings (SSSR count). The molecule has 126 valence electrons. The summed E-state index contributed by atoms with van der Waals surface area (Å²) in [6.07, 6.45) is 0.540. The van der Waals surface area contributed by atoms with Gasteiger partial charge in [-0.2, -0.15) is 0 Å². The van der Waals surface area contributed by atoms with Crippen LogP contribution >= 0.6 is 31.9 Å². The monoisotopic (exact) mass is 451 g/mol. The van der Waals surface area contributed by atoms with Crippen molar-refractivity contribution in [3.63, 3.8) is 0 Å². The van der Waals surface area contributed by atoms with Crippen LogP contribution < -0.4 is 0 Å². The molecule has 1 N–H and O–H groups in total. The number of halogens is 2. The first kappa shape index (κ1) is 17.8. The molecule has 0 saturated carbocycles. The van der Waals surface area contributed by atoms with Gasteiger partial charge >= 0.3 is 0 Å². The number of ketones is 1. The largest absolute Gasteiger partial charge is 0.384 e. The first-order valence-corrected chi connectivity index (χ1v) is 9.45. The summed E-state index contributed by atoms with van der Waals surface area (Å²) in [5, 5.41) is 11.4. The predicted octanol–water partition coefficient (Wildman–Crippen LogP) is 4.23. The van der Waals surface area contributed by atoms with Crippen molar-refractivity contribution in [2.45, 2.75) is 12.0 Å². The van der Waals surface area contributed by atoms with Crippen molar-refractivity contribution in [2.24, 2.45) is 5.92 Å². The molecule has 0 unspecified atom stereocenters. The molecule has 24 heavy (non-hydrogen) atoms. The van der Waals surface area contributed by atoms with Crippen molar-refractivity contribution in [2.75, 3.05) is 20.1 Å². The maximum atomic E-state index is 13.1. The summed E-state index contributed by atoms with van der Waals surface area (Å²) in [6.45, 7) is 1.30. The van der Waals surface area contributed by atoms with Gasteiger partial charge in [0, 0.05) is 27.6 Å². The third-order valence-electron chi connectivity index (χ3n) is 4.73. The van der Waals surface area contributed by atoms with Gasteiger partial charge in [-0.25, -0.2) is 0 Å². The molecule has 0 aromatic heterocycles. The molecule has 0 amide bonds. The molecule has 1 aliphatic rings. The van der Waals surface area contributed by atoms with Crippen LogP contribution in [0.25, 0.3) is 0 Å². The summed E-state index contributed by atoms with van der Waals surface area (Å²) < 4.78 is 1.89. The molecule has 3 nitrogen and oxygen atoms in total. The highest BCUT2D eigenvalue weighted by Gasteiger charge is 2.46. The van der Waals surface area contributed by atoms with E-state index in [-0.39, 0.29) is 5.78 Å². The topological polar surface area (TPSA) is 40.5 Å². The van der Waals surface area contributed by atoms with Crippen LogP contribution in [0.4, 0.5) is 0 Å². The Kier molecular flexibility index (Phi) is 5.25. The minimum atomic E-state index is -1.14. The van der Waals surface area contributed by atoms with E-state index in [1.165, 1.54) is 0 Å². The number of carbonyl (C=O) groups is 1. The Morgan fingerprint density at radius 3 is 2.21 bits per heavy atom. The number of carbonyl (C=O) groups excluding carboxylic acids is 1. The molecule has 0 bridgehead atoms. The zero-order chi connectivity index (χ0) is 17.3. The van der Waals surface area contributed by atoms with Crippen LogP contribution in [0.15, 0.2) is 57.5 Å². The molecular weight excluding hydrogens is 434 g/mol. The van der Waals surface area contributed by atoms with Crippen molar-refractivity contribution in [3.8, 4) is 0 Å². The predicted molar refractivity (Wildman–Crippen MR) is 102 cm³/mol. The minimum absolute atomic E-state index is 0.0144. The lowest BCUT2D eigenvalue weighted by Gasteiger charge is -2.43. The van der Waals surface area contributed by atoms with Gasteiger partial charge in [0.05, 0.1) is 5.92 Å². The van der Waals surface area contributed by atoms with Crippen molar-refractivity contribution in [1.29, 1.82) is 0 Å². The van der Waals surface area contributed by atoms with Crippen molar-refractivity contribution in [1.82, 2.24) is 4.90 Å². The van der Waals surface area contributed by atoms with Gasteiger partial charge in [0.1, 0.15) is 5.60 Å². The molecule has 2 aromatic rings. The maximum absolute atomic E-state index is 13.1. The van der Waals surface area contributed by atoms with E-state index in [0.717, 1.165) is 21.1 Å². The number of piperidine rings is 1. The van der Waals surface area contributed by atoms with Crippen molar-refractivity contribution >= 4 is 37.6 Å². The van der Waals surface area contributed by atoms with E-state index < -0.39 is 11.5 Å². The third-order valence-corrected chi connectivity index (χ3v) is 5.79. The Balaban J connectivity index is 1.98. The Morgan fingerprint density at radius 2 is 1.62 bits per heavy atom. The Labute approximate surface area is 158 Å². The minimum Gasteiger partial charge on any atom is -0.384 e. The summed E-state index contributed by atoms with van der Waals surface area (Å²) in [5.41, 5.74) is 0.292. The Hall–Kier alpha value is -1.01. The Bertz CT molecular complexity index is 730. The van der Waals surface area contributed by atoms with Crippen LogP contribution in [-0.4, -0.2) is 35.9 Å². The standard InChI is InChI=1S/C19H19Br2NO2/c1-22-11-10-19(24,14-4-8-16(21)9-5-14)17(12-22)18(23)13-2-6-15(20)7-3-13/h2-9,17,24H,10-12H2,1H3/t17-,19-/m0/s1. The van der Waals surface area contributed by atoms with Gasteiger partial charge in [-0.3, -0.25) is 4.79 Å². The molecule has 0 radical (unpaired) electrons. The number of hydrogen-bond acceptors (Lipinski definition) is 3. The highest BCUT2D eigenvalue weighted by Crippen LogP contribution is 2.39. The molecule has 1 saturated heterocycles. The molecule has 2 atom stereocenters. The average molecular weight is 453 g/mol. The second-order valence-corrected chi connectivity index (χ2v) is 8.20. The molecule has 5 heteroatoms. The lowest BCUT2D eigenvalue weighted by atomic mass is 9.73. The van der Waals surface area contributed by atoms with Crippen LogP contribution in [0.3, 0.4) is 0 Å². The molecular formula is C19H19Br2NO2. The lowest BCUT2D eigenvalue weighted by molar-refractivity contribution is -0.0594. The maximum Gasteiger partial charge on any atom is 0.170 e. The summed E-state index contributed by atoms with van der Waals surface area (Å²) >= 11 is 6.82. The number of aliphatic hydroxyl groups is 1. The number of benzene rings is 2. The number of hydrogen-bond donors (Lipinski definition) is 1. The third kappa shape index (κ3) is 3.49.